The van der Waals surface area contributed by atoms with E-state index in [1.54, 1.807) is 6.92 Å². The Bertz CT molecular complexity index is 294. The first kappa shape index (κ1) is 7.74. The second-order valence-electron chi connectivity index (χ2n) is 3.34. The van der Waals surface area contributed by atoms with Crippen molar-refractivity contribution in [2.45, 2.75) is 19.1 Å². The van der Waals surface area contributed by atoms with Crippen LogP contribution in [-0.4, -0.2) is 6.54 Å². The molecule has 1 atom stereocenters. The van der Waals surface area contributed by atoms with Gasteiger partial charge in [0, 0.05) is 12.1 Å². The van der Waals surface area contributed by atoms with Gasteiger partial charge in [-0.15, -0.1) is 0 Å². The summed E-state index contributed by atoms with van der Waals surface area (Å²) in [6, 6.07) is 7.68. The van der Waals surface area contributed by atoms with Gasteiger partial charge in [-0.2, -0.15) is 0 Å². The van der Waals surface area contributed by atoms with Crippen molar-refractivity contribution in [3.05, 3.63) is 35.4 Å². The first-order valence-electron chi connectivity index (χ1n) is 4.22. The fourth-order valence-corrected chi connectivity index (χ4v) is 1.72. The van der Waals surface area contributed by atoms with Crippen LogP contribution in [0.1, 0.15) is 18.1 Å². The molecule has 0 bridgehead atoms. The number of hydrogen-bond acceptors (Lipinski definition) is 1. The van der Waals surface area contributed by atoms with Crippen LogP contribution in [0.4, 0.5) is 4.39 Å². The normalized spacial score (nSPS) is 28.2. The number of hydrogen-bond donors (Lipinski definition) is 1. The number of nitrogens with one attached hydrogen (secondary N) is 1. The monoisotopic (exact) mass is 165 g/mol. The van der Waals surface area contributed by atoms with Gasteiger partial charge in [0.2, 0.25) is 0 Å². The van der Waals surface area contributed by atoms with Crippen LogP contribution in [0.25, 0.3) is 0 Å². The molecule has 2 heteroatoms. The SMILES string of the molecule is CC1(F)NCCc2ccccc21. The molecule has 1 aromatic rings. The topological polar surface area (TPSA) is 12.0 Å². The summed E-state index contributed by atoms with van der Waals surface area (Å²) in [6.07, 6.45) is 0.926. The molecule has 0 spiro atoms. The highest BCUT2D eigenvalue weighted by molar-refractivity contribution is 5.33. The van der Waals surface area contributed by atoms with Crippen LogP contribution in [0.3, 0.4) is 0 Å². The van der Waals surface area contributed by atoms with Gasteiger partial charge in [-0.05, 0) is 18.9 Å². The molecule has 0 fully saturated rings. The molecule has 0 amide bonds. The van der Waals surface area contributed by atoms with E-state index in [1.165, 1.54) is 0 Å². The maximum absolute atomic E-state index is 13.8. The zero-order valence-electron chi connectivity index (χ0n) is 7.10. The van der Waals surface area contributed by atoms with Crippen LogP contribution in [0, 0.1) is 0 Å². The molecule has 0 radical (unpaired) electrons. The van der Waals surface area contributed by atoms with Gasteiger partial charge in [0.05, 0.1) is 0 Å². The minimum Gasteiger partial charge on any atom is -0.281 e. The summed E-state index contributed by atoms with van der Waals surface area (Å²) >= 11 is 0. The average molecular weight is 165 g/mol. The average Bonchev–Trinajstić information content (AvgIpc) is 2.04. The smallest absolute Gasteiger partial charge is 0.184 e. The zero-order chi connectivity index (χ0) is 8.60. The Morgan fingerprint density at radius 1 is 1.42 bits per heavy atom. The van der Waals surface area contributed by atoms with Gasteiger partial charge < -0.3 is 0 Å². The van der Waals surface area contributed by atoms with Gasteiger partial charge in [0.1, 0.15) is 0 Å². The lowest BCUT2D eigenvalue weighted by molar-refractivity contribution is 0.130. The molecule has 2 rings (SSSR count). The molecule has 64 valence electrons. The molecule has 1 aromatic carbocycles. The fraction of sp³-hybridized carbons (Fsp3) is 0.400. The number of rotatable bonds is 0. The van der Waals surface area contributed by atoms with Crippen LogP contribution < -0.4 is 5.32 Å². The second-order valence-corrected chi connectivity index (χ2v) is 3.34. The lowest BCUT2D eigenvalue weighted by Crippen LogP contribution is -2.41. The fourth-order valence-electron chi connectivity index (χ4n) is 1.72. The minimum atomic E-state index is -1.34. The molecule has 1 aliphatic heterocycles. The predicted molar refractivity (Wildman–Crippen MR) is 46.6 cm³/mol. The van der Waals surface area contributed by atoms with Gasteiger partial charge in [-0.1, -0.05) is 24.3 Å². The van der Waals surface area contributed by atoms with E-state index in [-0.39, 0.29) is 0 Å². The molecule has 0 aliphatic carbocycles. The molecular formula is C10H12FN. The van der Waals surface area contributed by atoms with Crippen LogP contribution in [-0.2, 0) is 12.2 Å². The molecule has 1 heterocycles. The first-order valence-corrected chi connectivity index (χ1v) is 4.22. The summed E-state index contributed by atoms with van der Waals surface area (Å²) in [5.74, 6) is -1.34. The standard InChI is InChI=1S/C10H12FN/c1-10(11)9-5-3-2-4-8(9)6-7-12-10/h2-5,12H,6-7H2,1H3. The van der Waals surface area contributed by atoms with Crippen molar-refractivity contribution in [1.29, 1.82) is 0 Å². The predicted octanol–water partition coefficient (Wildman–Crippen LogP) is 1.97. The Labute approximate surface area is 71.6 Å². The van der Waals surface area contributed by atoms with E-state index in [9.17, 15) is 4.39 Å². The van der Waals surface area contributed by atoms with E-state index in [2.05, 4.69) is 5.32 Å². The number of alkyl halides is 1. The summed E-state index contributed by atoms with van der Waals surface area (Å²) in [5, 5.41) is 2.85. The van der Waals surface area contributed by atoms with Crippen molar-refractivity contribution in [2.75, 3.05) is 6.54 Å². The summed E-state index contributed by atoms with van der Waals surface area (Å²) in [6.45, 7) is 2.30. The van der Waals surface area contributed by atoms with Gasteiger partial charge in [-0.3, -0.25) is 5.32 Å². The Morgan fingerprint density at radius 2 is 2.17 bits per heavy atom. The van der Waals surface area contributed by atoms with Crippen LogP contribution in [0.2, 0.25) is 0 Å². The molecule has 0 saturated heterocycles. The highest BCUT2D eigenvalue weighted by Gasteiger charge is 2.30. The summed E-state index contributed by atoms with van der Waals surface area (Å²) in [7, 11) is 0. The van der Waals surface area contributed by atoms with Gasteiger partial charge in [0.25, 0.3) is 0 Å². The molecule has 0 saturated carbocycles. The number of halogens is 1. The van der Waals surface area contributed by atoms with Gasteiger partial charge >= 0.3 is 0 Å². The first-order chi connectivity index (χ1) is 5.70. The Kier molecular flexibility index (Phi) is 1.65. The molecule has 12 heavy (non-hydrogen) atoms. The van der Waals surface area contributed by atoms with Crippen molar-refractivity contribution in [1.82, 2.24) is 5.32 Å². The minimum absolute atomic E-state index is 0.726. The lowest BCUT2D eigenvalue weighted by Gasteiger charge is -2.29. The summed E-state index contributed by atoms with van der Waals surface area (Å²) in [5.41, 5.74) is 1.91. The molecule has 1 aliphatic rings. The van der Waals surface area contributed by atoms with E-state index in [0.717, 1.165) is 24.1 Å². The van der Waals surface area contributed by atoms with Gasteiger partial charge in [-0.25, -0.2) is 4.39 Å². The third-order valence-corrected chi connectivity index (χ3v) is 2.37. The Balaban J connectivity index is 2.52. The highest BCUT2D eigenvalue weighted by atomic mass is 19.1. The maximum atomic E-state index is 13.8. The van der Waals surface area contributed by atoms with Crippen molar-refractivity contribution in [3.63, 3.8) is 0 Å². The van der Waals surface area contributed by atoms with E-state index < -0.39 is 5.79 Å². The van der Waals surface area contributed by atoms with Crippen molar-refractivity contribution >= 4 is 0 Å². The Hall–Kier alpha value is -0.890. The van der Waals surface area contributed by atoms with Crippen molar-refractivity contribution < 1.29 is 4.39 Å². The van der Waals surface area contributed by atoms with Crippen LogP contribution in [0.5, 0.6) is 0 Å². The molecular weight excluding hydrogens is 153 g/mol. The van der Waals surface area contributed by atoms with E-state index in [1.807, 2.05) is 24.3 Å². The largest absolute Gasteiger partial charge is 0.281 e. The number of benzene rings is 1. The molecule has 1 unspecified atom stereocenters. The highest BCUT2D eigenvalue weighted by Crippen LogP contribution is 2.28. The van der Waals surface area contributed by atoms with E-state index in [4.69, 9.17) is 0 Å². The lowest BCUT2D eigenvalue weighted by atomic mass is 9.94. The van der Waals surface area contributed by atoms with Crippen LogP contribution >= 0.6 is 0 Å². The molecule has 1 nitrogen and oxygen atoms in total. The second kappa shape index (κ2) is 2.56. The summed E-state index contributed by atoms with van der Waals surface area (Å²) < 4.78 is 13.8. The zero-order valence-corrected chi connectivity index (χ0v) is 7.10. The third-order valence-electron chi connectivity index (χ3n) is 2.37. The van der Waals surface area contributed by atoms with Gasteiger partial charge in [0.15, 0.2) is 5.79 Å². The van der Waals surface area contributed by atoms with E-state index in [0.29, 0.717) is 0 Å². The summed E-state index contributed by atoms with van der Waals surface area (Å²) in [4.78, 5) is 0. The quantitative estimate of drug-likeness (QED) is 0.579. The molecule has 1 N–H and O–H groups in total. The molecule has 0 aromatic heterocycles. The third kappa shape index (κ3) is 1.12. The Morgan fingerprint density at radius 3 is 2.92 bits per heavy atom. The number of fused-ring (bicyclic) bond motifs is 1. The maximum Gasteiger partial charge on any atom is 0.184 e. The van der Waals surface area contributed by atoms with Crippen molar-refractivity contribution in [3.8, 4) is 0 Å². The van der Waals surface area contributed by atoms with E-state index >= 15 is 0 Å². The van der Waals surface area contributed by atoms with Crippen LogP contribution in [0.15, 0.2) is 24.3 Å². The van der Waals surface area contributed by atoms with Crippen molar-refractivity contribution in [2.24, 2.45) is 0 Å².